The molecule has 2 aromatic heterocycles. The molecule has 0 bridgehead atoms. The van der Waals surface area contributed by atoms with Gasteiger partial charge in [-0.05, 0) is 30.0 Å². The molecule has 0 aliphatic heterocycles. The highest BCUT2D eigenvalue weighted by Crippen LogP contribution is 2.29. The van der Waals surface area contributed by atoms with Gasteiger partial charge in [-0.1, -0.05) is 11.6 Å². The minimum Gasteiger partial charge on any atom is -0.357 e. The van der Waals surface area contributed by atoms with Gasteiger partial charge in [0.15, 0.2) is 0 Å². The molecule has 0 amide bonds. The van der Waals surface area contributed by atoms with E-state index in [9.17, 15) is 0 Å². The minimum atomic E-state index is 0.581. The van der Waals surface area contributed by atoms with Crippen molar-refractivity contribution >= 4 is 29.3 Å². The summed E-state index contributed by atoms with van der Waals surface area (Å²) in [4.78, 5) is 12.5. The maximum absolute atomic E-state index is 6.01. The molecule has 16 heavy (non-hydrogen) atoms. The third-order valence-electron chi connectivity index (χ3n) is 1.78. The van der Waals surface area contributed by atoms with Crippen LogP contribution in [0.1, 0.15) is 0 Å². The number of nitrogens with one attached hydrogen (secondary N) is 1. The van der Waals surface area contributed by atoms with E-state index in [0.717, 1.165) is 10.1 Å². The number of halogens is 1. The van der Waals surface area contributed by atoms with E-state index in [1.54, 1.807) is 31.6 Å². The molecular weight excluding hydrogens is 244 g/mol. The summed E-state index contributed by atoms with van der Waals surface area (Å²) >= 11 is 7.42. The average Bonchev–Trinajstić information content (AvgIpc) is 2.32. The van der Waals surface area contributed by atoms with E-state index in [1.165, 1.54) is 11.8 Å². The quantitative estimate of drug-likeness (QED) is 0.852. The molecule has 6 heteroatoms. The summed E-state index contributed by atoms with van der Waals surface area (Å²) in [6.07, 6.45) is 3.40. The Labute approximate surface area is 102 Å². The summed E-state index contributed by atoms with van der Waals surface area (Å²) in [7, 11) is 1.78. The van der Waals surface area contributed by atoms with Crippen LogP contribution < -0.4 is 5.32 Å². The third kappa shape index (κ3) is 2.62. The fourth-order valence-electron chi connectivity index (χ4n) is 1.06. The first kappa shape index (κ1) is 11.2. The Morgan fingerprint density at radius 2 is 2.12 bits per heavy atom. The first-order valence-electron chi connectivity index (χ1n) is 4.59. The molecule has 0 spiro atoms. The van der Waals surface area contributed by atoms with Gasteiger partial charge in [0.25, 0.3) is 0 Å². The van der Waals surface area contributed by atoms with Crippen molar-refractivity contribution in [2.75, 3.05) is 12.4 Å². The van der Waals surface area contributed by atoms with Gasteiger partial charge in [-0.2, -0.15) is 0 Å². The van der Waals surface area contributed by atoms with Crippen LogP contribution in [-0.4, -0.2) is 22.0 Å². The van der Waals surface area contributed by atoms with E-state index in [4.69, 9.17) is 11.6 Å². The lowest BCUT2D eigenvalue weighted by Crippen LogP contribution is -1.96. The molecule has 0 aromatic carbocycles. The van der Waals surface area contributed by atoms with Gasteiger partial charge in [-0.3, -0.25) is 0 Å². The zero-order valence-electron chi connectivity index (χ0n) is 8.51. The third-order valence-corrected chi connectivity index (χ3v) is 3.15. The number of hydrogen-bond acceptors (Lipinski definition) is 5. The molecule has 82 valence electrons. The second-order valence-electron chi connectivity index (χ2n) is 2.86. The van der Waals surface area contributed by atoms with E-state index in [1.807, 2.05) is 6.07 Å². The van der Waals surface area contributed by atoms with Crippen molar-refractivity contribution in [1.82, 2.24) is 15.0 Å². The summed E-state index contributed by atoms with van der Waals surface area (Å²) in [5, 5.41) is 5.05. The SMILES string of the molecule is CNc1nccc(Sc2ncccc2Cl)n1. The van der Waals surface area contributed by atoms with Crippen LogP contribution in [-0.2, 0) is 0 Å². The van der Waals surface area contributed by atoms with Crippen LogP contribution in [0.3, 0.4) is 0 Å². The lowest BCUT2D eigenvalue weighted by atomic mass is 10.5. The van der Waals surface area contributed by atoms with Crippen LogP contribution in [0.25, 0.3) is 0 Å². The molecule has 0 radical (unpaired) electrons. The first-order chi connectivity index (χ1) is 7.79. The number of anilines is 1. The van der Waals surface area contributed by atoms with Crippen LogP contribution in [0.2, 0.25) is 5.02 Å². The highest BCUT2D eigenvalue weighted by atomic mass is 35.5. The fraction of sp³-hybridized carbons (Fsp3) is 0.100. The largest absolute Gasteiger partial charge is 0.357 e. The zero-order valence-corrected chi connectivity index (χ0v) is 10.1. The maximum Gasteiger partial charge on any atom is 0.223 e. The molecule has 1 N–H and O–H groups in total. The molecule has 0 aliphatic carbocycles. The summed E-state index contributed by atoms with van der Waals surface area (Å²) < 4.78 is 0. The van der Waals surface area contributed by atoms with Crippen LogP contribution >= 0.6 is 23.4 Å². The second-order valence-corrected chi connectivity index (χ2v) is 4.28. The van der Waals surface area contributed by atoms with Crippen molar-refractivity contribution < 1.29 is 0 Å². The van der Waals surface area contributed by atoms with Gasteiger partial charge >= 0.3 is 0 Å². The molecule has 0 atom stereocenters. The van der Waals surface area contributed by atoms with E-state index in [-0.39, 0.29) is 0 Å². The van der Waals surface area contributed by atoms with Gasteiger partial charge < -0.3 is 5.32 Å². The topological polar surface area (TPSA) is 50.7 Å². The molecule has 0 aliphatic rings. The average molecular weight is 253 g/mol. The second kappa shape index (κ2) is 5.14. The van der Waals surface area contributed by atoms with E-state index in [0.29, 0.717) is 11.0 Å². The molecule has 2 aromatic rings. The molecule has 2 heterocycles. The normalized spacial score (nSPS) is 10.1. The number of aromatic nitrogens is 3. The van der Waals surface area contributed by atoms with Crippen LogP contribution in [0.15, 0.2) is 40.6 Å². The zero-order chi connectivity index (χ0) is 11.4. The fourth-order valence-corrected chi connectivity index (χ4v) is 2.04. The Morgan fingerprint density at radius 3 is 2.88 bits per heavy atom. The molecule has 4 nitrogen and oxygen atoms in total. The van der Waals surface area contributed by atoms with Gasteiger partial charge in [-0.25, -0.2) is 15.0 Å². The monoisotopic (exact) mass is 252 g/mol. The predicted octanol–water partition coefficient (Wildman–Crippen LogP) is 2.72. The van der Waals surface area contributed by atoms with Gasteiger partial charge in [0, 0.05) is 19.4 Å². The van der Waals surface area contributed by atoms with Gasteiger partial charge in [0.1, 0.15) is 10.1 Å². The van der Waals surface area contributed by atoms with Gasteiger partial charge in [0.2, 0.25) is 5.95 Å². The summed E-state index contributed by atoms with van der Waals surface area (Å²) in [6, 6.07) is 5.42. The summed E-state index contributed by atoms with van der Waals surface area (Å²) in [5.41, 5.74) is 0. The summed E-state index contributed by atoms with van der Waals surface area (Å²) in [6.45, 7) is 0. The Hall–Kier alpha value is -1.33. The molecule has 0 saturated carbocycles. The first-order valence-corrected chi connectivity index (χ1v) is 5.78. The Balaban J connectivity index is 2.24. The Kier molecular flexibility index (Phi) is 3.58. The van der Waals surface area contributed by atoms with E-state index < -0.39 is 0 Å². The molecule has 0 saturated heterocycles. The van der Waals surface area contributed by atoms with Crippen LogP contribution in [0.5, 0.6) is 0 Å². The van der Waals surface area contributed by atoms with Crippen molar-refractivity contribution in [2.45, 2.75) is 10.1 Å². The standard InChI is InChI=1S/C10H9ClN4S/c1-12-10-14-6-4-8(15-10)16-9-7(11)3-2-5-13-9/h2-6H,1H3,(H,12,14,15). The summed E-state index contributed by atoms with van der Waals surface area (Å²) in [5.74, 6) is 0.581. The Bertz CT molecular complexity index is 492. The van der Waals surface area contributed by atoms with Crippen molar-refractivity contribution in [3.63, 3.8) is 0 Å². The molecular formula is C10H9ClN4S. The Morgan fingerprint density at radius 1 is 1.25 bits per heavy atom. The number of pyridine rings is 1. The van der Waals surface area contributed by atoms with Crippen molar-refractivity contribution in [1.29, 1.82) is 0 Å². The molecule has 0 fully saturated rings. The highest BCUT2D eigenvalue weighted by molar-refractivity contribution is 7.99. The van der Waals surface area contributed by atoms with E-state index >= 15 is 0 Å². The highest BCUT2D eigenvalue weighted by Gasteiger charge is 2.05. The maximum atomic E-state index is 6.01. The smallest absolute Gasteiger partial charge is 0.223 e. The lowest BCUT2D eigenvalue weighted by Gasteiger charge is -2.03. The van der Waals surface area contributed by atoms with Crippen LogP contribution in [0.4, 0.5) is 5.95 Å². The van der Waals surface area contributed by atoms with Crippen molar-refractivity contribution in [3.05, 3.63) is 35.6 Å². The van der Waals surface area contributed by atoms with Crippen molar-refractivity contribution in [3.8, 4) is 0 Å². The van der Waals surface area contributed by atoms with Crippen LogP contribution in [0, 0.1) is 0 Å². The minimum absolute atomic E-state index is 0.581. The predicted molar refractivity (Wildman–Crippen MR) is 64.9 cm³/mol. The molecule has 0 unspecified atom stereocenters. The number of rotatable bonds is 3. The lowest BCUT2D eigenvalue weighted by molar-refractivity contribution is 1.04. The van der Waals surface area contributed by atoms with E-state index in [2.05, 4.69) is 20.3 Å². The van der Waals surface area contributed by atoms with Crippen molar-refractivity contribution in [2.24, 2.45) is 0 Å². The van der Waals surface area contributed by atoms with Gasteiger partial charge in [0.05, 0.1) is 5.02 Å². The molecule has 2 rings (SSSR count). The number of nitrogens with zero attached hydrogens (tertiary/aromatic N) is 3. The van der Waals surface area contributed by atoms with Gasteiger partial charge in [-0.15, -0.1) is 0 Å². The number of hydrogen-bond donors (Lipinski definition) is 1.